The van der Waals surface area contributed by atoms with Gasteiger partial charge in [0.1, 0.15) is 5.56 Å². The number of hydrogen-bond donors (Lipinski definition) is 1. The first kappa shape index (κ1) is 24.1. The number of rotatable bonds is 11. The Morgan fingerprint density at radius 1 is 1.12 bits per heavy atom. The number of anilines is 1. The molecule has 2 rings (SSSR count). The van der Waals surface area contributed by atoms with Gasteiger partial charge in [-0.05, 0) is 19.1 Å². The van der Waals surface area contributed by atoms with Gasteiger partial charge < -0.3 is 24.8 Å². The minimum atomic E-state index is -1.09. The van der Waals surface area contributed by atoms with Gasteiger partial charge in [-0.2, -0.15) is 0 Å². The number of amides is 2. The molecule has 170 valence electrons. The number of nitrogens with two attached hydrogens (primary N) is 1. The molecule has 0 aliphatic carbocycles. The fourth-order valence-corrected chi connectivity index (χ4v) is 2.80. The number of carbonyl (C=O) groups excluding carboxylic acids is 3. The number of methoxy groups -OCH3 is 1. The van der Waals surface area contributed by atoms with Crippen LogP contribution in [0.15, 0.2) is 42.5 Å². The van der Waals surface area contributed by atoms with E-state index in [0.717, 1.165) is 12.1 Å². The van der Waals surface area contributed by atoms with Gasteiger partial charge in [0.05, 0.1) is 24.7 Å². The number of hydrogen-bond acceptors (Lipinski definition) is 8. The lowest BCUT2D eigenvalue weighted by atomic mass is 10.1. The van der Waals surface area contributed by atoms with E-state index in [2.05, 4.69) is 0 Å². The first-order valence-corrected chi connectivity index (χ1v) is 9.58. The van der Waals surface area contributed by atoms with Crippen LogP contribution in [0.5, 0.6) is 11.5 Å². The zero-order valence-electron chi connectivity index (χ0n) is 17.6. The minimum absolute atomic E-state index is 0.0211. The molecule has 0 bridgehead atoms. The van der Waals surface area contributed by atoms with E-state index in [4.69, 9.17) is 19.9 Å². The van der Waals surface area contributed by atoms with Crippen molar-refractivity contribution < 1.29 is 33.5 Å². The van der Waals surface area contributed by atoms with E-state index in [-0.39, 0.29) is 31.1 Å². The van der Waals surface area contributed by atoms with Crippen molar-refractivity contribution in [3.63, 3.8) is 0 Å². The summed E-state index contributed by atoms with van der Waals surface area (Å²) in [5.74, 6) is -2.13. The quantitative estimate of drug-likeness (QED) is 0.313. The predicted molar refractivity (Wildman–Crippen MR) is 114 cm³/mol. The van der Waals surface area contributed by atoms with E-state index in [1.165, 1.54) is 12.0 Å². The van der Waals surface area contributed by atoms with Crippen molar-refractivity contribution in [1.29, 1.82) is 0 Å². The van der Waals surface area contributed by atoms with E-state index in [1.807, 2.05) is 0 Å². The van der Waals surface area contributed by atoms with Crippen molar-refractivity contribution in [1.82, 2.24) is 0 Å². The summed E-state index contributed by atoms with van der Waals surface area (Å²) in [6.07, 6.45) is -0.101. The van der Waals surface area contributed by atoms with Crippen LogP contribution in [0.3, 0.4) is 0 Å². The molecule has 0 saturated heterocycles. The molecule has 0 aliphatic rings. The molecule has 2 aromatic carbocycles. The second-order valence-corrected chi connectivity index (χ2v) is 6.38. The molecule has 11 nitrogen and oxygen atoms in total. The number of primary amides is 1. The zero-order valence-corrected chi connectivity index (χ0v) is 17.6. The maximum Gasteiger partial charge on any atom is 0.345 e. The standard InChI is InChI=1S/C21H23N3O8/c1-3-31-18-12-16(24(28)29)15(11-17(18)30-2)21(27)32-13-20(26)23(10-9-19(22)25)14-7-5-4-6-8-14/h4-8,11-12H,3,9-10,13H2,1-2H3,(H2,22,25). The summed E-state index contributed by atoms with van der Waals surface area (Å²) in [7, 11) is 1.32. The van der Waals surface area contributed by atoms with Crippen molar-refractivity contribution in [3.05, 3.63) is 58.1 Å². The lowest BCUT2D eigenvalue weighted by Gasteiger charge is -2.22. The largest absolute Gasteiger partial charge is 0.493 e. The second kappa shape index (κ2) is 11.3. The van der Waals surface area contributed by atoms with Crippen molar-refractivity contribution in [2.45, 2.75) is 13.3 Å². The summed E-state index contributed by atoms with van der Waals surface area (Å²) in [5, 5.41) is 11.4. The van der Waals surface area contributed by atoms with E-state index in [1.54, 1.807) is 37.3 Å². The fraction of sp³-hybridized carbons (Fsp3) is 0.286. The number of nitro benzene ring substituents is 1. The minimum Gasteiger partial charge on any atom is -0.493 e. The Kier molecular flexibility index (Phi) is 8.52. The Morgan fingerprint density at radius 3 is 2.38 bits per heavy atom. The monoisotopic (exact) mass is 445 g/mol. The van der Waals surface area contributed by atoms with Crippen LogP contribution in [0.4, 0.5) is 11.4 Å². The molecule has 0 fully saturated rings. The molecule has 0 spiro atoms. The van der Waals surface area contributed by atoms with Crippen LogP contribution in [0.2, 0.25) is 0 Å². The molecule has 2 amide bonds. The maximum absolute atomic E-state index is 12.7. The second-order valence-electron chi connectivity index (χ2n) is 6.38. The van der Waals surface area contributed by atoms with Gasteiger partial charge in [-0.1, -0.05) is 18.2 Å². The molecule has 0 aromatic heterocycles. The SMILES string of the molecule is CCOc1cc([N+](=O)[O-])c(C(=O)OCC(=O)N(CCC(N)=O)c2ccccc2)cc1OC. The normalized spacial score (nSPS) is 10.2. The molecule has 32 heavy (non-hydrogen) atoms. The van der Waals surface area contributed by atoms with Gasteiger partial charge in [0.25, 0.3) is 11.6 Å². The highest BCUT2D eigenvalue weighted by molar-refractivity contribution is 5.99. The molecule has 2 aromatic rings. The smallest absolute Gasteiger partial charge is 0.345 e. The molecule has 2 N–H and O–H groups in total. The van der Waals surface area contributed by atoms with Crippen LogP contribution in [0.1, 0.15) is 23.7 Å². The van der Waals surface area contributed by atoms with Crippen molar-refractivity contribution in [2.24, 2.45) is 5.73 Å². The average molecular weight is 445 g/mol. The van der Waals surface area contributed by atoms with E-state index < -0.39 is 40.6 Å². The van der Waals surface area contributed by atoms with Gasteiger partial charge in [-0.15, -0.1) is 0 Å². The summed E-state index contributed by atoms with van der Waals surface area (Å²) in [4.78, 5) is 48.3. The molecular weight excluding hydrogens is 422 g/mol. The zero-order chi connectivity index (χ0) is 23.7. The molecule has 0 heterocycles. The number of esters is 1. The lowest BCUT2D eigenvalue weighted by Crippen LogP contribution is -2.37. The van der Waals surface area contributed by atoms with Gasteiger partial charge in [0.15, 0.2) is 18.1 Å². The number of ether oxygens (including phenoxy) is 3. The number of carbonyl (C=O) groups is 3. The molecule has 0 saturated carbocycles. The highest BCUT2D eigenvalue weighted by Gasteiger charge is 2.27. The summed E-state index contributed by atoms with van der Waals surface area (Å²) in [6, 6.07) is 10.6. The van der Waals surface area contributed by atoms with Crippen molar-refractivity contribution >= 4 is 29.2 Å². The summed E-state index contributed by atoms with van der Waals surface area (Å²) < 4.78 is 15.5. The molecule has 11 heteroatoms. The highest BCUT2D eigenvalue weighted by Crippen LogP contribution is 2.35. The highest BCUT2D eigenvalue weighted by atomic mass is 16.6. The van der Waals surface area contributed by atoms with Crippen molar-refractivity contribution in [3.8, 4) is 11.5 Å². The Morgan fingerprint density at radius 2 is 1.81 bits per heavy atom. The first-order valence-electron chi connectivity index (χ1n) is 9.58. The molecule has 0 radical (unpaired) electrons. The van der Waals surface area contributed by atoms with E-state index in [9.17, 15) is 24.5 Å². The van der Waals surface area contributed by atoms with Crippen LogP contribution in [0, 0.1) is 10.1 Å². The number of nitrogens with zero attached hydrogens (tertiary/aromatic N) is 2. The third-order valence-electron chi connectivity index (χ3n) is 4.28. The van der Waals surface area contributed by atoms with E-state index in [0.29, 0.717) is 5.69 Å². The van der Waals surface area contributed by atoms with Crippen LogP contribution in [0.25, 0.3) is 0 Å². The Hall–Kier alpha value is -4.15. The Bertz CT molecular complexity index is 994. The van der Waals surface area contributed by atoms with Crippen LogP contribution in [-0.2, 0) is 14.3 Å². The third-order valence-corrected chi connectivity index (χ3v) is 4.28. The first-order chi connectivity index (χ1) is 15.3. The fourth-order valence-electron chi connectivity index (χ4n) is 2.80. The van der Waals surface area contributed by atoms with Crippen molar-refractivity contribution in [2.75, 3.05) is 31.8 Å². The molecule has 0 aliphatic heterocycles. The van der Waals surface area contributed by atoms with Crippen LogP contribution >= 0.6 is 0 Å². The van der Waals surface area contributed by atoms with Crippen LogP contribution in [-0.4, -0.2) is 49.6 Å². The Balaban J connectivity index is 2.23. The number of benzene rings is 2. The lowest BCUT2D eigenvalue weighted by molar-refractivity contribution is -0.385. The topological polar surface area (TPSA) is 151 Å². The molecular formula is C21H23N3O8. The summed E-state index contributed by atoms with van der Waals surface area (Å²) in [6.45, 7) is 1.19. The number of nitro groups is 1. The van der Waals surface area contributed by atoms with Crippen LogP contribution < -0.4 is 20.1 Å². The van der Waals surface area contributed by atoms with Gasteiger partial charge >= 0.3 is 5.97 Å². The van der Waals surface area contributed by atoms with Gasteiger partial charge in [0, 0.05) is 24.7 Å². The third kappa shape index (κ3) is 6.17. The number of para-hydroxylation sites is 1. The molecule has 0 atom stereocenters. The van der Waals surface area contributed by atoms with E-state index >= 15 is 0 Å². The van der Waals surface area contributed by atoms with Gasteiger partial charge in [-0.25, -0.2) is 4.79 Å². The summed E-state index contributed by atoms with van der Waals surface area (Å²) >= 11 is 0. The maximum atomic E-state index is 12.7. The van der Waals surface area contributed by atoms with Gasteiger partial charge in [0.2, 0.25) is 5.91 Å². The summed E-state index contributed by atoms with van der Waals surface area (Å²) in [5.41, 5.74) is 4.70. The molecule has 0 unspecified atom stereocenters. The Labute approximate surface area is 183 Å². The van der Waals surface area contributed by atoms with Gasteiger partial charge in [-0.3, -0.25) is 19.7 Å². The predicted octanol–water partition coefficient (Wildman–Crippen LogP) is 2.07. The average Bonchev–Trinajstić information content (AvgIpc) is 2.77.